The molecule has 18 heavy (non-hydrogen) atoms. The molecule has 0 aromatic rings. The molecule has 0 aromatic carbocycles. The van der Waals surface area contributed by atoms with E-state index < -0.39 is 0 Å². The van der Waals surface area contributed by atoms with E-state index in [1.165, 1.54) is 0 Å². The topological polar surface area (TPSA) is 81.7 Å². The van der Waals surface area contributed by atoms with Gasteiger partial charge in [-0.2, -0.15) is 10.5 Å². The van der Waals surface area contributed by atoms with Crippen molar-refractivity contribution in [3.63, 3.8) is 0 Å². The van der Waals surface area contributed by atoms with E-state index in [4.69, 9.17) is 10.5 Å². The number of carbonyl (C=O) groups is 2. The Morgan fingerprint density at radius 1 is 1.17 bits per heavy atom. The van der Waals surface area contributed by atoms with Crippen molar-refractivity contribution in [2.75, 3.05) is 0 Å². The minimum atomic E-state index is -0.310. The number of hydrogen-bond donors (Lipinski definition) is 0. The lowest BCUT2D eigenvalue weighted by atomic mass is 9.90. The van der Waals surface area contributed by atoms with E-state index in [0.717, 1.165) is 12.6 Å². The summed E-state index contributed by atoms with van der Waals surface area (Å²) >= 11 is 0. The van der Waals surface area contributed by atoms with Gasteiger partial charge >= 0.3 is 0 Å². The van der Waals surface area contributed by atoms with Gasteiger partial charge in [-0.15, -0.1) is 0 Å². The minimum absolute atomic E-state index is 0.204. The highest BCUT2D eigenvalue weighted by atomic mass is 16.1. The van der Waals surface area contributed by atoms with E-state index >= 15 is 0 Å². The zero-order chi connectivity index (χ0) is 15.0. The fraction of sp³-hybridized carbons (Fsp3) is 0.714. The third kappa shape index (κ3) is 29.2. The number of nitriles is 2. The number of carbonyl (C=O) groups excluding carboxylic acids is 2. The van der Waals surface area contributed by atoms with Gasteiger partial charge in [0.15, 0.2) is 0 Å². The summed E-state index contributed by atoms with van der Waals surface area (Å²) in [5.74, 6) is 0.204. The van der Waals surface area contributed by atoms with Crippen LogP contribution in [0.25, 0.3) is 0 Å². The molecule has 4 heteroatoms. The molecule has 0 fully saturated rings. The van der Waals surface area contributed by atoms with Crippen molar-refractivity contribution in [3.8, 4) is 12.1 Å². The molecule has 102 valence electrons. The highest BCUT2D eigenvalue weighted by Gasteiger charge is 2.14. The first-order valence-electron chi connectivity index (χ1n) is 5.96. The van der Waals surface area contributed by atoms with Crippen LogP contribution < -0.4 is 0 Å². The largest absolute Gasteiger partial charge is 0.303 e. The summed E-state index contributed by atoms with van der Waals surface area (Å²) in [7, 11) is 0. The summed E-state index contributed by atoms with van der Waals surface area (Å²) in [6.45, 7) is 9.19. The molecule has 0 radical (unpaired) electrons. The van der Waals surface area contributed by atoms with Crippen molar-refractivity contribution in [2.24, 2.45) is 11.3 Å². The third-order valence-corrected chi connectivity index (χ3v) is 1.63. The molecule has 0 aliphatic rings. The molecule has 0 aliphatic heterocycles. The summed E-state index contributed by atoms with van der Waals surface area (Å²) in [6.07, 6.45) is 3.56. The van der Waals surface area contributed by atoms with Crippen molar-refractivity contribution < 1.29 is 9.59 Å². The average molecular weight is 252 g/mol. The van der Waals surface area contributed by atoms with Gasteiger partial charge in [-0.25, -0.2) is 0 Å². The quantitative estimate of drug-likeness (QED) is 0.719. The van der Waals surface area contributed by atoms with Crippen LogP contribution in [0.4, 0.5) is 0 Å². The van der Waals surface area contributed by atoms with Crippen molar-refractivity contribution in [2.45, 2.75) is 53.9 Å². The Balaban J connectivity index is -0.000000212. The summed E-state index contributed by atoms with van der Waals surface area (Å²) in [4.78, 5) is 19.7. The molecular weight excluding hydrogens is 228 g/mol. The molecule has 0 atom stereocenters. The van der Waals surface area contributed by atoms with Gasteiger partial charge in [0.25, 0.3) is 0 Å². The van der Waals surface area contributed by atoms with Crippen LogP contribution in [-0.2, 0) is 9.59 Å². The minimum Gasteiger partial charge on any atom is -0.303 e. The maximum Gasteiger partial charge on any atom is 0.125 e. The lowest BCUT2D eigenvalue weighted by Crippen LogP contribution is -2.11. The molecule has 0 aromatic heterocycles. The molecule has 0 amide bonds. The number of nitrogens with zero attached hydrogens (tertiary/aromatic N) is 2. The highest BCUT2D eigenvalue weighted by Crippen LogP contribution is 2.17. The molecule has 0 unspecified atom stereocenters. The number of aldehydes is 2. The van der Waals surface area contributed by atoms with Crippen LogP contribution in [-0.4, -0.2) is 12.6 Å². The Bertz CT molecular complexity index is 283. The fourth-order valence-electron chi connectivity index (χ4n) is 0.437. The maximum atomic E-state index is 10.2. The Hall–Kier alpha value is -1.68. The Morgan fingerprint density at radius 3 is 1.72 bits per heavy atom. The van der Waals surface area contributed by atoms with Crippen LogP contribution in [0.1, 0.15) is 53.9 Å². The van der Waals surface area contributed by atoms with Gasteiger partial charge in [-0.3, -0.25) is 0 Å². The van der Waals surface area contributed by atoms with Crippen molar-refractivity contribution >= 4 is 12.6 Å². The Kier molecular flexibility index (Phi) is 18.4. The maximum absolute atomic E-state index is 10.2. The normalized spacial score (nSPS) is 8.67. The lowest BCUT2D eigenvalue weighted by Gasteiger charge is -2.12. The first-order chi connectivity index (χ1) is 8.31. The summed E-state index contributed by atoms with van der Waals surface area (Å²) < 4.78 is 0. The zero-order valence-electron chi connectivity index (χ0n) is 12.1. The first kappa shape index (κ1) is 21.6. The lowest BCUT2D eigenvalue weighted by molar-refractivity contribution is -0.115. The second-order valence-electron chi connectivity index (χ2n) is 4.66. The molecule has 0 N–H and O–H groups in total. The van der Waals surface area contributed by atoms with Gasteiger partial charge < -0.3 is 9.59 Å². The van der Waals surface area contributed by atoms with Crippen LogP contribution in [0.15, 0.2) is 0 Å². The molecule has 0 heterocycles. The van der Waals surface area contributed by atoms with Crippen molar-refractivity contribution in [1.29, 1.82) is 10.5 Å². The van der Waals surface area contributed by atoms with E-state index in [9.17, 15) is 9.59 Å². The predicted molar refractivity (Wildman–Crippen MR) is 71.5 cm³/mol. The smallest absolute Gasteiger partial charge is 0.125 e. The molecule has 0 saturated carbocycles. The average Bonchev–Trinajstić information content (AvgIpc) is 2.37. The third-order valence-electron chi connectivity index (χ3n) is 1.63. The van der Waals surface area contributed by atoms with Crippen LogP contribution in [0, 0.1) is 34.0 Å². The van der Waals surface area contributed by atoms with Crippen LogP contribution in [0.5, 0.6) is 0 Å². The van der Waals surface area contributed by atoms with Gasteiger partial charge in [0, 0.05) is 24.2 Å². The number of rotatable bonds is 4. The zero-order valence-corrected chi connectivity index (χ0v) is 12.1. The van der Waals surface area contributed by atoms with Gasteiger partial charge in [-0.05, 0) is 6.42 Å². The molecule has 0 spiro atoms. The molecular formula is C14H24N2O2. The van der Waals surface area contributed by atoms with E-state index in [-0.39, 0.29) is 11.3 Å². The second-order valence-corrected chi connectivity index (χ2v) is 4.66. The molecule has 0 saturated heterocycles. The predicted octanol–water partition coefficient (Wildman–Crippen LogP) is 3.28. The second kappa shape index (κ2) is 15.3. The van der Waals surface area contributed by atoms with Crippen LogP contribution in [0.2, 0.25) is 0 Å². The molecule has 0 bridgehead atoms. The monoisotopic (exact) mass is 252 g/mol. The number of hydrogen-bond acceptors (Lipinski definition) is 4. The van der Waals surface area contributed by atoms with E-state index in [1.54, 1.807) is 0 Å². The van der Waals surface area contributed by atoms with E-state index in [0.29, 0.717) is 19.3 Å². The summed E-state index contributed by atoms with van der Waals surface area (Å²) in [6, 6.07) is 3.93. The van der Waals surface area contributed by atoms with Gasteiger partial charge in [0.1, 0.15) is 12.6 Å². The molecule has 0 aliphatic carbocycles. The summed E-state index contributed by atoms with van der Waals surface area (Å²) in [5.41, 5.74) is -0.310. The SMILES string of the molecule is CC(C)(C=O)CCC#N.CC(C)C=O.CCC#N. The van der Waals surface area contributed by atoms with Crippen molar-refractivity contribution in [3.05, 3.63) is 0 Å². The Morgan fingerprint density at radius 2 is 1.56 bits per heavy atom. The van der Waals surface area contributed by atoms with Crippen LogP contribution >= 0.6 is 0 Å². The highest BCUT2D eigenvalue weighted by molar-refractivity contribution is 5.57. The van der Waals surface area contributed by atoms with Crippen molar-refractivity contribution in [1.82, 2.24) is 0 Å². The first-order valence-corrected chi connectivity index (χ1v) is 5.96. The van der Waals surface area contributed by atoms with Gasteiger partial charge in [0.2, 0.25) is 0 Å². The van der Waals surface area contributed by atoms with Gasteiger partial charge in [0.05, 0.1) is 12.1 Å². The molecule has 0 rings (SSSR count). The Labute approximate surface area is 111 Å². The van der Waals surface area contributed by atoms with Crippen LogP contribution in [0.3, 0.4) is 0 Å². The molecule has 4 nitrogen and oxygen atoms in total. The fourth-order valence-corrected chi connectivity index (χ4v) is 0.437. The van der Waals surface area contributed by atoms with E-state index in [1.807, 2.05) is 46.8 Å². The standard InChI is InChI=1S/C7H11NO.C4H8O.C3H5N/c1-7(2,6-9)4-3-5-8;1-4(2)3-5;1-2-3-4/h6H,3-4H2,1-2H3;3-4H,1-2H3;2H2,1H3. The van der Waals surface area contributed by atoms with Gasteiger partial charge in [-0.1, -0.05) is 34.6 Å². The van der Waals surface area contributed by atoms with E-state index in [2.05, 4.69) is 0 Å². The summed E-state index contributed by atoms with van der Waals surface area (Å²) in [5, 5.41) is 15.8.